The summed E-state index contributed by atoms with van der Waals surface area (Å²) in [6, 6.07) is 52.1. The molecule has 68 heavy (non-hydrogen) atoms. The molecule has 4 heterocycles. The number of nitrogens with zero attached hydrogens (tertiary/aromatic N) is 5. The Morgan fingerprint density at radius 2 is 1.21 bits per heavy atom. The number of rotatable bonds is 8. The molecule has 0 saturated heterocycles. The van der Waals surface area contributed by atoms with Crippen molar-refractivity contribution in [3.05, 3.63) is 179 Å². The van der Waals surface area contributed by atoms with Crippen molar-refractivity contribution in [1.29, 1.82) is 0 Å². The van der Waals surface area contributed by atoms with Gasteiger partial charge in [0.25, 0.3) is 0 Å². The van der Waals surface area contributed by atoms with Crippen LogP contribution in [0.15, 0.2) is 151 Å². The Kier molecular flexibility index (Phi) is 10.7. The molecule has 6 aromatic carbocycles. The molecule has 0 amide bonds. The van der Waals surface area contributed by atoms with Crippen LogP contribution in [-0.4, -0.2) is 26.5 Å². The number of amidine groups is 1. The van der Waals surface area contributed by atoms with E-state index in [9.17, 15) is 0 Å². The van der Waals surface area contributed by atoms with Crippen LogP contribution in [0.5, 0.6) is 0 Å². The number of hydrogen-bond acceptors (Lipinski definition) is 4. The molecule has 0 bridgehead atoms. The first kappa shape index (κ1) is 45.3. The Morgan fingerprint density at radius 3 is 1.90 bits per heavy atom. The van der Waals surface area contributed by atoms with Crippen LogP contribution in [0.1, 0.15) is 116 Å². The summed E-state index contributed by atoms with van der Waals surface area (Å²) in [6.45, 7) is 33.0. The molecule has 0 fully saturated rings. The lowest BCUT2D eigenvalue weighted by Crippen LogP contribution is -2.60. The third-order valence-electron chi connectivity index (χ3n) is 16.0. The van der Waals surface area contributed by atoms with E-state index in [4.69, 9.17) is 9.98 Å². The largest absolute Gasteiger partial charge is 0.318 e. The van der Waals surface area contributed by atoms with Crippen molar-refractivity contribution in [1.82, 2.24) is 9.55 Å². The zero-order valence-electron chi connectivity index (χ0n) is 42.8. The molecule has 5 heteroatoms. The second-order valence-corrected chi connectivity index (χ2v) is 22.7. The van der Waals surface area contributed by atoms with Crippen LogP contribution in [0.25, 0.3) is 38.8 Å². The SMILES string of the molecule is Cc1cccc(C)c1N1C(c2cc(-c3ccccc3)cc(N3c4ccccc4C(C)(C)c4cc5c6ccccc6n(-c6cc(C(C)(C)C)ccn6)c5cc43)c2)=N[C@](C)(C(C(C)C)C(C)C)C1(C)C. The van der Waals surface area contributed by atoms with E-state index >= 15 is 0 Å². The monoisotopic (exact) mass is 896 g/mol. The van der Waals surface area contributed by atoms with E-state index in [-0.39, 0.29) is 16.4 Å². The number of anilines is 4. The Morgan fingerprint density at radius 1 is 0.559 bits per heavy atom. The van der Waals surface area contributed by atoms with Crippen molar-refractivity contribution < 1.29 is 0 Å². The molecular formula is C63H69N5. The number of para-hydroxylation sites is 3. The van der Waals surface area contributed by atoms with Gasteiger partial charge in [0.05, 0.1) is 33.5 Å². The maximum atomic E-state index is 6.11. The second kappa shape index (κ2) is 16.1. The minimum Gasteiger partial charge on any atom is -0.318 e. The van der Waals surface area contributed by atoms with Gasteiger partial charge in [-0.1, -0.05) is 147 Å². The van der Waals surface area contributed by atoms with E-state index in [1.54, 1.807) is 0 Å². The summed E-state index contributed by atoms with van der Waals surface area (Å²) in [5.41, 5.74) is 15.6. The highest BCUT2D eigenvalue weighted by Gasteiger charge is 2.58. The van der Waals surface area contributed by atoms with Crippen molar-refractivity contribution in [2.24, 2.45) is 22.7 Å². The quantitative estimate of drug-likeness (QED) is 0.152. The Labute approximate surface area is 405 Å². The highest BCUT2D eigenvalue weighted by molar-refractivity contribution is 6.15. The summed E-state index contributed by atoms with van der Waals surface area (Å²) in [4.78, 5) is 16.3. The normalized spacial score (nSPS) is 17.7. The van der Waals surface area contributed by atoms with Gasteiger partial charge in [-0.25, -0.2) is 4.98 Å². The molecule has 8 aromatic rings. The molecule has 0 aliphatic carbocycles. The third kappa shape index (κ3) is 6.93. The van der Waals surface area contributed by atoms with E-state index in [1.165, 1.54) is 61.2 Å². The molecule has 0 unspecified atom stereocenters. The maximum absolute atomic E-state index is 6.11. The summed E-state index contributed by atoms with van der Waals surface area (Å²) < 4.78 is 2.39. The Balaban J connectivity index is 1.29. The van der Waals surface area contributed by atoms with Crippen LogP contribution in [-0.2, 0) is 10.8 Å². The van der Waals surface area contributed by atoms with Crippen LogP contribution < -0.4 is 9.80 Å². The first-order valence-electron chi connectivity index (χ1n) is 24.9. The molecule has 346 valence electrons. The zero-order chi connectivity index (χ0) is 48.2. The smallest absolute Gasteiger partial charge is 0.137 e. The van der Waals surface area contributed by atoms with Crippen molar-refractivity contribution in [2.75, 3.05) is 9.80 Å². The summed E-state index contributed by atoms with van der Waals surface area (Å²) in [7, 11) is 0. The van der Waals surface area contributed by atoms with Gasteiger partial charge in [-0.2, -0.15) is 0 Å². The summed E-state index contributed by atoms with van der Waals surface area (Å²) in [5.74, 6) is 3.13. The molecule has 0 radical (unpaired) electrons. The van der Waals surface area contributed by atoms with E-state index in [0.29, 0.717) is 17.8 Å². The zero-order valence-corrected chi connectivity index (χ0v) is 42.8. The Bertz CT molecular complexity index is 3260. The van der Waals surface area contributed by atoms with Gasteiger partial charge in [-0.05, 0) is 151 Å². The fourth-order valence-corrected chi connectivity index (χ4v) is 12.5. The maximum Gasteiger partial charge on any atom is 0.137 e. The first-order valence-corrected chi connectivity index (χ1v) is 24.9. The van der Waals surface area contributed by atoms with Crippen molar-refractivity contribution in [3.8, 4) is 16.9 Å². The Hall–Kier alpha value is -6.46. The highest BCUT2D eigenvalue weighted by Crippen LogP contribution is 2.56. The molecule has 10 rings (SSSR count). The minimum atomic E-state index is -0.409. The lowest BCUT2D eigenvalue weighted by molar-refractivity contribution is 0.116. The number of aromatic nitrogens is 2. The summed E-state index contributed by atoms with van der Waals surface area (Å²) in [6.07, 6.45) is 1.97. The predicted octanol–water partition coefficient (Wildman–Crippen LogP) is 16.6. The second-order valence-electron chi connectivity index (χ2n) is 22.7. The van der Waals surface area contributed by atoms with Gasteiger partial charge in [-0.3, -0.25) is 9.56 Å². The van der Waals surface area contributed by atoms with Gasteiger partial charge in [0, 0.05) is 39.3 Å². The molecule has 2 aliphatic rings. The lowest BCUT2D eigenvalue weighted by atomic mass is 9.64. The topological polar surface area (TPSA) is 36.7 Å². The fraction of sp³-hybridized carbons (Fsp3) is 0.333. The molecular weight excluding hydrogens is 827 g/mol. The number of fused-ring (bicyclic) bond motifs is 5. The number of hydrogen-bond donors (Lipinski definition) is 0. The van der Waals surface area contributed by atoms with Gasteiger partial charge in [-0.15, -0.1) is 0 Å². The molecule has 0 saturated carbocycles. The molecule has 2 aliphatic heterocycles. The van der Waals surface area contributed by atoms with E-state index in [1.807, 2.05) is 6.20 Å². The van der Waals surface area contributed by atoms with Crippen LogP contribution in [0, 0.1) is 31.6 Å². The minimum absolute atomic E-state index is 0.0319. The predicted molar refractivity (Wildman–Crippen MR) is 290 cm³/mol. The van der Waals surface area contributed by atoms with Gasteiger partial charge >= 0.3 is 0 Å². The molecule has 5 nitrogen and oxygen atoms in total. The van der Waals surface area contributed by atoms with Crippen molar-refractivity contribution in [2.45, 2.75) is 119 Å². The average Bonchev–Trinajstić information content (AvgIpc) is 3.72. The molecule has 0 spiro atoms. The van der Waals surface area contributed by atoms with Gasteiger partial charge in [0.15, 0.2) is 0 Å². The van der Waals surface area contributed by atoms with Crippen LogP contribution in [0.2, 0.25) is 0 Å². The number of aryl methyl sites for hydroxylation is 2. The van der Waals surface area contributed by atoms with E-state index < -0.39 is 5.54 Å². The van der Waals surface area contributed by atoms with Crippen molar-refractivity contribution in [3.63, 3.8) is 0 Å². The molecule has 2 aromatic heterocycles. The third-order valence-corrected chi connectivity index (χ3v) is 16.0. The molecule has 1 atom stereocenters. The number of benzene rings is 6. The number of pyridine rings is 1. The standard InChI is InChI=1S/C63H69N5/c1-39(2)57(40(3)4)63(14)62(12,13)68(58-41(5)23-22-24-42(58)6)59(65-63)45-33-44(43-25-16-15-17-26-43)34-47(35-45)66-53-30-21-19-28-50(53)61(10,11)51-37-49-48-27-18-20-29-52(48)67(54(49)38-55(51)66)56-36-46(31-32-64-56)60(7,8)9/h15-40,57H,1-14H3/t63-/m1/s1. The van der Waals surface area contributed by atoms with Gasteiger partial charge in [0.1, 0.15) is 11.7 Å². The summed E-state index contributed by atoms with van der Waals surface area (Å²) >= 11 is 0. The summed E-state index contributed by atoms with van der Waals surface area (Å²) in [5, 5.41) is 2.45. The van der Waals surface area contributed by atoms with Crippen LogP contribution in [0.3, 0.4) is 0 Å². The van der Waals surface area contributed by atoms with Crippen LogP contribution in [0.4, 0.5) is 22.7 Å². The van der Waals surface area contributed by atoms with E-state index in [0.717, 1.165) is 39.5 Å². The molecule has 0 N–H and O–H groups in total. The first-order chi connectivity index (χ1) is 32.2. The number of aliphatic imine (C=N–C) groups is 1. The lowest BCUT2D eigenvalue weighted by Gasteiger charge is -2.50. The van der Waals surface area contributed by atoms with E-state index in [2.05, 4.69) is 251 Å². The van der Waals surface area contributed by atoms with Crippen molar-refractivity contribution >= 4 is 50.4 Å². The van der Waals surface area contributed by atoms with Gasteiger partial charge in [0.2, 0.25) is 0 Å². The van der Waals surface area contributed by atoms with Gasteiger partial charge < -0.3 is 9.80 Å². The highest BCUT2D eigenvalue weighted by atomic mass is 15.3. The van der Waals surface area contributed by atoms with Crippen LogP contribution >= 0.6 is 0 Å². The average molecular weight is 896 g/mol. The fourth-order valence-electron chi connectivity index (χ4n) is 12.5.